The molecule has 20 heavy (non-hydrogen) atoms. The van der Waals surface area contributed by atoms with Crippen molar-refractivity contribution in [3.8, 4) is 0 Å². The molecule has 1 atom stereocenters. The molecule has 0 aliphatic carbocycles. The minimum absolute atomic E-state index is 0.0895. The van der Waals surface area contributed by atoms with E-state index < -0.39 is 5.41 Å². The summed E-state index contributed by atoms with van der Waals surface area (Å²) in [5.74, 6) is -0.131. The number of hydrogen-bond acceptors (Lipinski definition) is 3. The number of aliphatic hydroxyl groups excluding tert-OH is 1. The summed E-state index contributed by atoms with van der Waals surface area (Å²) in [6, 6.07) is 0. The first-order valence-electron chi connectivity index (χ1n) is 8.15. The van der Waals surface area contributed by atoms with E-state index in [4.69, 9.17) is 4.74 Å². The highest BCUT2D eigenvalue weighted by molar-refractivity contribution is 5.75. The first-order valence-corrected chi connectivity index (χ1v) is 8.15. The van der Waals surface area contributed by atoms with E-state index in [1.807, 2.05) is 13.8 Å². The molecular weight excluding hydrogens is 252 g/mol. The molecule has 0 radical (unpaired) electrons. The Morgan fingerprint density at radius 1 is 1.05 bits per heavy atom. The largest absolute Gasteiger partial charge is 0.465 e. The lowest BCUT2D eigenvalue weighted by Crippen LogP contribution is -2.35. The Labute approximate surface area is 125 Å². The number of hydrogen-bond donors (Lipinski definition) is 1. The number of carbonyl (C=O) groups is 1. The van der Waals surface area contributed by atoms with Crippen LogP contribution in [0.3, 0.4) is 0 Å². The van der Waals surface area contributed by atoms with Gasteiger partial charge in [-0.15, -0.1) is 0 Å². The molecule has 1 N–H and O–H groups in total. The predicted octanol–water partition coefficient (Wildman–Crippen LogP) is 4.32. The van der Waals surface area contributed by atoms with Crippen molar-refractivity contribution in [3.63, 3.8) is 0 Å². The summed E-state index contributed by atoms with van der Waals surface area (Å²) >= 11 is 0. The van der Waals surface area contributed by atoms with Gasteiger partial charge in [0.25, 0.3) is 0 Å². The smallest absolute Gasteiger partial charge is 0.311 e. The van der Waals surface area contributed by atoms with Crippen LogP contribution in [-0.2, 0) is 9.53 Å². The van der Waals surface area contributed by atoms with Gasteiger partial charge in [-0.05, 0) is 33.1 Å². The van der Waals surface area contributed by atoms with Gasteiger partial charge >= 0.3 is 5.97 Å². The summed E-state index contributed by atoms with van der Waals surface area (Å²) < 4.78 is 5.55. The zero-order chi connectivity index (χ0) is 15.6. The van der Waals surface area contributed by atoms with Crippen LogP contribution < -0.4 is 0 Å². The maximum Gasteiger partial charge on any atom is 0.311 e. The minimum Gasteiger partial charge on any atom is -0.465 e. The van der Waals surface area contributed by atoms with Crippen molar-refractivity contribution >= 4 is 5.97 Å². The van der Waals surface area contributed by atoms with Crippen LogP contribution in [0.4, 0.5) is 0 Å². The lowest BCUT2D eigenvalue weighted by molar-refractivity contribution is -0.159. The number of esters is 1. The van der Waals surface area contributed by atoms with E-state index in [-0.39, 0.29) is 18.0 Å². The number of ether oxygens (including phenoxy) is 1. The van der Waals surface area contributed by atoms with Crippen molar-refractivity contribution in [2.45, 2.75) is 79.6 Å². The third kappa shape index (κ3) is 6.25. The highest BCUT2D eigenvalue weighted by Gasteiger charge is 2.33. The molecule has 0 amide bonds. The zero-order valence-electron chi connectivity index (χ0n) is 14.1. The summed E-state index contributed by atoms with van der Waals surface area (Å²) in [5.41, 5.74) is -0.678. The summed E-state index contributed by atoms with van der Waals surface area (Å²) in [7, 11) is 0. The molecule has 0 bridgehead atoms. The van der Waals surface area contributed by atoms with Gasteiger partial charge in [-0.2, -0.15) is 0 Å². The van der Waals surface area contributed by atoms with Gasteiger partial charge < -0.3 is 9.84 Å². The Morgan fingerprint density at radius 3 is 2.05 bits per heavy atom. The summed E-state index contributed by atoms with van der Waals surface area (Å²) in [5, 5.41) is 9.67. The van der Waals surface area contributed by atoms with Crippen LogP contribution in [0, 0.1) is 10.8 Å². The zero-order valence-corrected chi connectivity index (χ0v) is 14.1. The van der Waals surface area contributed by atoms with Crippen molar-refractivity contribution in [3.05, 3.63) is 0 Å². The predicted molar refractivity (Wildman–Crippen MR) is 83.6 cm³/mol. The lowest BCUT2D eigenvalue weighted by atomic mass is 9.81. The highest BCUT2D eigenvalue weighted by atomic mass is 16.5. The Bertz CT molecular complexity index is 267. The molecule has 0 aromatic carbocycles. The van der Waals surface area contributed by atoms with E-state index >= 15 is 0 Å². The number of carbonyl (C=O) groups excluding carboxylic acids is 1. The van der Waals surface area contributed by atoms with Crippen LogP contribution >= 0.6 is 0 Å². The van der Waals surface area contributed by atoms with Gasteiger partial charge in [0.1, 0.15) is 0 Å². The fourth-order valence-corrected chi connectivity index (χ4v) is 2.27. The molecule has 0 saturated carbocycles. The van der Waals surface area contributed by atoms with Crippen LogP contribution in [0.15, 0.2) is 0 Å². The Morgan fingerprint density at radius 2 is 1.60 bits per heavy atom. The average molecular weight is 286 g/mol. The molecular formula is C17H34O3. The second-order valence-corrected chi connectivity index (χ2v) is 6.68. The van der Waals surface area contributed by atoms with E-state index in [1.165, 1.54) is 0 Å². The number of unbranched alkanes of at least 4 members (excludes halogenated alkanes) is 2. The summed E-state index contributed by atoms with van der Waals surface area (Å²) in [6.07, 6.45) is 6.89. The molecule has 0 aromatic rings. The van der Waals surface area contributed by atoms with Gasteiger partial charge in [0.05, 0.1) is 18.6 Å². The van der Waals surface area contributed by atoms with E-state index in [1.54, 1.807) is 0 Å². The van der Waals surface area contributed by atoms with Crippen molar-refractivity contribution < 1.29 is 14.6 Å². The topological polar surface area (TPSA) is 46.5 Å². The average Bonchev–Trinajstić information content (AvgIpc) is 2.45. The van der Waals surface area contributed by atoms with Gasteiger partial charge in [-0.3, -0.25) is 4.79 Å². The van der Waals surface area contributed by atoms with Crippen molar-refractivity contribution in [2.24, 2.45) is 10.8 Å². The van der Waals surface area contributed by atoms with Crippen LogP contribution in [0.25, 0.3) is 0 Å². The molecule has 120 valence electrons. The molecule has 0 aliphatic heterocycles. The Kier molecular flexibility index (Phi) is 9.11. The molecule has 0 saturated heterocycles. The van der Waals surface area contributed by atoms with Crippen molar-refractivity contribution in [1.82, 2.24) is 0 Å². The lowest BCUT2D eigenvalue weighted by Gasteiger charge is -2.32. The van der Waals surface area contributed by atoms with Crippen LogP contribution in [0.5, 0.6) is 0 Å². The molecule has 3 nitrogen and oxygen atoms in total. The third-order valence-corrected chi connectivity index (χ3v) is 4.36. The molecule has 0 fully saturated rings. The SMILES string of the molecule is CCCCC(CC)(CO)COC(=O)C(C)(C)CCCC. The summed E-state index contributed by atoms with van der Waals surface area (Å²) in [4.78, 5) is 12.2. The first-order chi connectivity index (χ1) is 9.37. The van der Waals surface area contributed by atoms with Crippen LogP contribution in [0.2, 0.25) is 0 Å². The molecule has 0 aliphatic rings. The van der Waals surface area contributed by atoms with Crippen molar-refractivity contribution in [2.75, 3.05) is 13.2 Å². The quantitative estimate of drug-likeness (QED) is 0.575. The standard InChI is InChI=1S/C17H34O3/c1-6-9-11-16(4,5)15(19)20-14-17(8-3,13-18)12-10-7-2/h18H,6-14H2,1-5H3. The van der Waals surface area contributed by atoms with Gasteiger partial charge in [-0.1, -0.05) is 46.5 Å². The monoisotopic (exact) mass is 286 g/mol. The van der Waals surface area contributed by atoms with E-state index in [0.717, 1.165) is 44.9 Å². The minimum atomic E-state index is -0.421. The number of aliphatic hydroxyl groups is 1. The van der Waals surface area contributed by atoms with E-state index in [0.29, 0.717) is 6.61 Å². The molecule has 0 spiro atoms. The highest BCUT2D eigenvalue weighted by Crippen LogP contribution is 2.31. The molecule has 1 unspecified atom stereocenters. The second-order valence-electron chi connectivity index (χ2n) is 6.68. The van der Waals surface area contributed by atoms with Gasteiger partial charge in [-0.25, -0.2) is 0 Å². The van der Waals surface area contributed by atoms with Crippen LogP contribution in [0.1, 0.15) is 79.6 Å². The number of rotatable bonds is 11. The van der Waals surface area contributed by atoms with Crippen LogP contribution in [-0.4, -0.2) is 24.3 Å². The van der Waals surface area contributed by atoms with E-state index in [2.05, 4.69) is 20.8 Å². The molecule has 0 aromatic heterocycles. The van der Waals surface area contributed by atoms with Crippen molar-refractivity contribution in [1.29, 1.82) is 0 Å². The van der Waals surface area contributed by atoms with E-state index in [9.17, 15) is 9.90 Å². The second kappa shape index (κ2) is 9.38. The third-order valence-electron chi connectivity index (χ3n) is 4.36. The molecule has 0 heterocycles. The molecule has 0 rings (SSSR count). The Balaban J connectivity index is 4.50. The van der Waals surface area contributed by atoms with Gasteiger partial charge in [0, 0.05) is 5.41 Å². The fraction of sp³-hybridized carbons (Fsp3) is 0.941. The van der Waals surface area contributed by atoms with Gasteiger partial charge in [0.15, 0.2) is 0 Å². The maximum absolute atomic E-state index is 12.2. The fourth-order valence-electron chi connectivity index (χ4n) is 2.27. The van der Waals surface area contributed by atoms with Gasteiger partial charge in [0.2, 0.25) is 0 Å². The Hall–Kier alpha value is -0.570. The molecule has 3 heteroatoms. The maximum atomic E-state index is 12.2. The normalized spacial score (nSPS) is 14.9. The first kappa shape index (κ1) is 19.4. The summed E-state index contributed by atoms with van der Waals surface area (Å²) in [6.45, 7) is 10.6.